The third kappa shape index (κ3) is 5.75. The summed E-state index contributed by atoms with van der Waals surface area (Å²) in [7, 11) is 0. The number of rotatable bonds is 3. The number of hydrogen-bond donors (Lipinski definition) is 1. The van der Waals surface area contributed by atoms with Crippen LogP contribution in [-0.4, -0.2) is 11.2 Å². The molecule has 0 aliphatic carbocycles. The van der Waals surface area contributed by atoms with Crippen LogP contribution in [0, 0.1) is 61.1 Å². The van der Waals surface area contributed by atoms with Crippen LogP contribution in [0.5, 0.6) is 0 Å². The molecule has 0 aromatic carbocycles. The molecule has 53 valence electrons. The quantitative estimate of drug-likeness (QED) is 0.756. The van der Waals surface area contributed by atoms with Crippen LogP contribution in [0.1, 0.15) is 19.8 Å². The second kappa shape index (κ2) is 7.43. The Hall–Kier alpha value is 1.32. The summed E-state index contributed by atoms with van der Waals surface area (Å²) < 4.78 is 0. The van der Waals surface area contributed by atoms with E-state index in [9.17, 15) is 0 Å². The molecule has 1 atom stereocenters. The summed E-state index contributed by atoms with van der Waals surface area (Å²) in [6, 6.07) is 0. The van der Waals surface area contributed by atoms with Crippen molar-refractivity contribution < 1.29 is 46.4 Å². The molecule has 2 heteroatoms. The molecule has 1 radical (unpaired) electrons. The molecule has 0 rings (SSSR count). The largest absolute Gasteiger partial charge is 0.393 e. The first-order chi connectivity index (χ1) is 3.72. The van der Waals surface area contributed by atoms with E-state index >= 15 is 0 Å². The second-order valence-corrected chi connectivity index (χ2v) is 2.08. The van der Waals surface area contributed by atoms with E-state index in [2.05, 4.69) is 13.8 Å². The van der Waals surface area contributed by atoms with Crippen molar-refractivity contribution in [3.63, 3.8) is 0 Å². The van der Waals surface area contributed by atoms with Crippen molar-refractivity contribution in [2.45, 2.75) is 25.9 Å². The first kappa shape index (κ1) is 13.0. The van der Waals surface area contributed by atoms with Crippen LogP contribution in [0.15, 0.2) is 0 Å². The molecule has 1 nitrogen and oxygen atoms in total. The maximum absolute atomic E-state index is 8.93. The van der Waals surface area contributed by atoms with Crippen LogP contribution >= 0.6 is 0 Å². The van der Waals surface area contributed by atoms with Crippen molar-refractivity contribution in [3.05, 3.63) is 13.8 Å². The fourth-order valence-electron chi connectivity index (χ4n) is 0.627. The van der Waals surface area contributed by atoms with Crippen LogP contribution in [0.2, 0.25) is 0 Å². The zero-order chi connectivity index (χ0) is 6.57. The summed E-state index contributed by atoms with van der Waals surface area (Å²) in [6.07, 6.45) is 1.31. The number of aliphatic hydroxyl groups is 1. The summed E-state index contributed by atoms with van der Waals surface area (Å²) in [5, 5.41) is 8.93. The summed E-state index contributed by atoms with van der Waals surface area (Å²) in [6.45, 7) is 9.14. The van der Waals surface area contributed by atoms with Crippen molar-refractivity contribution >= 4 is 0 Å². The molecule has 0 aliphatic heterocycles. The fraction of sp³-hybridized carbons (Fsp3) is 0.714. The Labute approximate surface area is 91.2 Å². The maximum atomic E-state index is 8.93. The molecule has 0 aliphatic rings. The van der Waals surface area contributed by atoms with E-state index in [0.717, 1.165) is 12.8 Å². The van der Waals surface area contributed by atoms with E-state index in [-0.39, 0.29) is 53.3 Å². The van der Waals surface area contributed by atoms with Gasteiger partial charge in [0.15, 0.2) is 0 Å². The minimum atomic E-state index is -0.245. The Morgan fingerprint density at radius 3 is 1.67 bits per heavy atom. The molecule has 0 amide bonds. The Morgan fingerprint density at radius 1 is 1.33 bits per heavy atom. The molecule has 0 saturated heterocycles. The second-order valence-electron chi connectivity index (χ2n) is 2.08. The van der Waals surface area contributed by atoms with Crippen molar-refractivity contribution in [1.82, 2.24) is 0 Å². The topological polar surface area (TPSA) is 20.2 Å². The van der Waals surface area contributed by atoms with Gasteiger partial charge in [-0.15, -0.1) is 0 Å². The molecular formula is C7H14OPr-2. The zero-order valence-corrected chi connectivity index (χ0v) is 9.71. The number of hydrogen-bond acceptors (Lipinski definition) is 1. The predicted octanol–water partition coefficient (Wildman–Crippen LogP) is 1.43. The van der Waals surface area contributed by atoms with Crippen molar-refractivity contribution in [1.29, 1.82) is 0 Å². The van der Waals surface area contributed by atoms with E-state index in [1.807, 2.05) is 0 Å². The van der Waals surface area contributed by atoms with Gasteiger partial charge in [0.1, 0.15) is 0 Å². The Bertz CT molecular complexity index is 50.9. The van der Waals surface area contributed by atoms with Crippen LogP contribution in [0.4, 0.5) is 0 Å². The first-order valence-electron chi connectivity index (χ1n) is 2.99. The standard InChI is InChI=1S/C7H14O.Pr/c1-4-7(5-2)6(3)8;/h6-8H,1-2,4-5H2,3H3;/q-2;. The summed E-state index contributed by atoms with van der Waals surface area (Å²) in [4.78, 5) is 0. The Balaban J connectivity index is 0. The van der Waals surface area contributed by atoms with Crippen molar-refractivity contribution in [3.8, 4) is 0 Å². The molecule has 0 fully saturated rings. The molecule has 0 saturated carbocycles. The van der Waals surface area contributed by atoms with Crippen LogP contribution < -0.4 is 0 Å². The van der Waals surface area contributed by atoms with E-state index < -0.39 is 0 Å². The van der Waals surface area contributed by atoms with Gasteiger partial charge in [0.2, 0.25) is 0 Å². The van der Waals surface area contributed by atoms with Gasteiger partial charge in [-0.1, -0.05) is 5.92 Å². The average molecular weight is 255 g/mol. The third-order valence-electron chi connectivity index (χ3n) is 1.42. The van der Waals surface area contributed by atoms with Gasteiger partial charge in [-0.2, -0.15) is 12.8 Å². The molecule has 0 aromatic heterocycles. The molecule has 0 heterocycles. The minimum Gasteiger partial charge on any atom is -0.393 e. The number of aliphatic hydroxyl groups excluding tert-OH is 1. The van der Waals surface area contributed by atoms with Crippen LogP contribution in [0.3, 0.4) is 0 Å². The van der Waals surface area contributed by atoms with E-state index in [0.29, 0.717) is 0 Å². The van der Waals surface area contributed by atoms with Gasteiger partial charge in [-0.3, -0.25) is 0 Å². The molecule has 0 bridgehead atoms. The van der Waals surface area contributed by atoms with Crippen molar-refractivity contribution in [2.24, 2.45) is 5.92 Å². The van der Waals surface area contributed by atoms with Gasteiger partial charge in [-0.05, 0) is 6.92 Å². The average Bonchev–Trinajstić information content (AvgIpc) is 1.69. The monoisotopic (exact) mass is 255 g/mol. The normalized spacial score (nSPS) is 13.0. The summed E-state index contributed by atoms with van der Waals surface area (Å²) in [5.74, 6) is 0.287. The molecular weight excluding hydrogens is 241 g/mol. The first-order valence-corrected chi connectivity index (χ1v) is 2.99. The summed E-state index contributed by atoms with van der Waals surface area (Å²) >= 11 is 0. The fourth-order valence-corrected chi connectivity index (χ4v) is 0.627. The molecule has 0 aromatic rings. The van der Waals surface area contributed by atoms with Crippen LogP contribution in [-0.2, 0) is 0 Å². The van der Waals surface area contributed by atoms with Gasteiger partial charge < -0.3 is 19.0 Å². The smallest absolute Gasteiger partial charge is 0.0491 e. The Morgan fingerprint density at radius 2 is 1.67 bits per heavy atom. The third-order valence-corrected chi connectivity index (χ3v) is 1.42. The van der Waals surface area contributed by atoms with E-state index in [1.54, 1.807) is 6.92 Å². The van der Waals surface area contributed by atoms with Crippen LogP contribution in [0.25, 0.3) is 0 Å². The molecule has 0 spiro atoms. The molecule has 1 N–H and O–H groups in total. The molecule has 9 heavy (non-hydrogen) atoms. The van der Waals surface area contributed by atoms with Gasteiger partial charge in [-0.25, -0.2) is 0 Å². The van der Waals surface area contributed by atoms with Crippen molar-refractivity contribution in [2.75, 3.05) is 0 Å². The van der Waals surface area contributed by atoms with Gasteiger partial charge in [0, 0.05) is 47.4 Å². The van der Waals surface area contributed by atoms with Gasteiger partial charge in [0.25, 0.3) is 0 Å². The van der Waals surface area contributed by atoms with Gasteiger partial charge >= 0.3 is 0 Å². The zero-order valence-electron chi connectivity index (χ0n) is 6.01. The SMILES string of the molecule is [CH2-]CC(C[CH2-])C(C)O.[Pr]. The molecule has 1 unspecified atom stereocenters. The summed E-state index contributed by atoms with van der Waals surface area (Å²) in [5.41, 5.74) is 0. The maximum Gasteiger partial charge on any atom is 0.0491 e. The Kier molecular flexibility index (Phi) is 10.7. The minimum absolute atomic E-state index is 0. The van der Waals surface area contributed by atoms with E-state index in [1.165, 1.54) is 0 Å². The van der Waals surface area contributed by atoms with E-state index in [4.69, 9.17) is 5.11 Å². The van der Waals surface area contributed by atoms with Gasteiger partial charge in [0.05, 0.1) is 0 Å². The predicted molar refractivity (Wildman–Crippen MR) is 35.1 cm³/mol.